The maximum absolute atomic E-state index is 14.0. The number of hydrogen-bond donors (Lipinski definition) is 2. The van der Waals surface area contributed by atoms with Gasteiger partial charge in [0, 0.05) is 5.41 Å². The normalized spacial score (nSPS) is 53.6. The second-order valence-corrected chi connectivity index (χ2v) is 14.5. The Morgan fingerprint density at radius 2 is 1.63 bits per heavy atom. The van der Waals surface area contributed by atoms with Gasteiger partial charge in [0.15, 0.2) is 5.60 Å². The van der Waals surface area contributed by atoms with E-state index in [-0.39, 0.29) is 34.6 Å². The fourth-order valence-electron chi connectivity index (χ4n) is 9.98. The average Bonchev–Trinajstić information content (AvgIpc) is 3.32. The Labute approximate surface area is 210 Å². The minimum absolute atomic E-state index is 0.0391. The van der Waals surface area contributed by atoms with Gasteiger partial charge in [-0.05, 0) is 100 Å². The third-order valence-electron chi connectivity index (χ3n) is 12.3. The zero-order chi connectivity index (χ0) is 25.4. The van der Waals surface area contributed by atoms with Gasteiger partial charge in [-0.3, -0.25) is 4.79 Å². The van der Waals surface area contributed by atoms with Crippen LogP contribution in [0.25, 0.3) is 0 Å². The number of hydrogen-bond acceptors (Lipinski definition) is 5. The van der Waals surface area contributed by atoms with Gasteiger partial charge >= 0.3 is 5.97 Å². The summed E-state index contributed by atoms with van der Waals surface area (Å²) in [5.74, 6) is 0.0975. The zero-order valence-corrected chi connectivity index (χ0v) is 22.7. The van der Waals surface area contributed by atoms with Gasteiger partial charge in [0.2, 0.25) is 0 Å². The molecule has 35 heavy (non-hydrogen) atoms. The van der Waals surface area contributed by atoms with E-state index >= 15 is 0 Å². The number of carbonyl (C=O) groups is 1. The van der Waals surface area contributed by atoms with Crippen molar-refractivity contribution < 1.29 is 24.5 Å². The Morgan fingerprint density at radius 1 is 0.914 bits per heavy atom. The topological polar surface area (TPSA) is 76.0 Å². The number of ether oxygens (including phenoxy) is 2. The van der Waals surface area contributed by atoms with Crippen molar-refractivity contribution in [1.82, 2.24) is 0 Å². The van der Waals surface area contributed by atoms with Crippen LogP contribution in [0.15, 0.2) is 23.3 Å². The number of allylic oxidation sites excluding steroid dienone is 4. The van der Waals surface area contributed by atoms with E-state index in [0.29, 0.717) is 18.8 Å². The first-order valence-electron chi connectivity index (χ1n) is 13.8. The van der Waals surface area contributed by atoms with Crippen LogP contribution in [0, 0.1) is 27.6 Å². The van der Waals surface area contributed by atoms with E-state index < -0.39 is 22.0 Å². The highest BCUT2D eigenvalue weighted by molar-refractivity contribution is 5.87. The predicted octanol–water partition coefficient (Wildman–Crippen LogP) is 5.24. The van der Waals surface area contributed by atoms with Crippen LogP contribution in [0.3, 0.4) is 0 Å². The molecule has 6 aliphatic rings. The van der Waals surface area contributed by atoms with Gasteiger partial charge in [-0.1, -0.05) is 39.8 Å². The molecule has 0 amide bonds. The molecule has 0 aromatic heterocycles. The highest BCUT2D eigenvalue weighted by atomic mass is 16.6. The van der Waals surface area contributed by atoms with Gasteiger partial charge in [-0.25, -0.2) is 0 Å². The minimum atomic E-state index is -1.28. The maximum Gasteiger partial charge on any atom is 0.317 e. The molecule has 2 heterocycles. The summed E-state index contributed by atoms with van der Waals surface area (Å²) in [6.07, 6.45) is 10.1. The lowest BCUT2D eigenvalue weighted by molar-refractivity contribution is -0.201. The molecular formula is C30H44O5. The standard InChI is InChI=1S/C30H44O5/c1-24(2)13-12-22(34-24)28(7)30(33)17-16-27(6)19-8-9-20-25(3,4)21(31)11-14-26(20,5)18(19)10-15-29(27,30)23(32)35-28/h8,10,20-22,31,33H,9,11-17H2,1-7H3/t20-,21-,22?,26+,27-,28-,29+,30-/m0/s1. The number of cyclic esters (lactones) is 1. The lowest BCUT2D eigenvalue weighted by Crippen LogP contribution is -2.64. The molecule has 0 aromatic rings. The average molecular weight is 485 g/mol. The SMILES string of the molecule is CC1(C)CCC([C@]2(C)OC(=O)[C@]34CC=C5C(=CC[C@H]6C(C)(C)[C@@H](O)CC[C@]56C)[C@]3(C)CC[C@@]42O)O1. The third-order valence-corrected chi connectivity index (χ3v) is 12.3. The first-order chi connectivity index (χ1) is 16.1. The Bertz CT molecular complexity index is 1050. The van der Waals surface area contributed by atoms with Gasteiger partial charge in [0.1, 0.15) is 17.1 Å². The van der Waals surface area contributed by atoms with E-state index in [9.17, 15) is 15.0 Å². The molecular weight excluding hydrogens is 440 g/mol. The van der Waals surface area contributed by atoms with Crippen LogP contribution < -0.4 is 0 Å². The smallest absolute Gasteiger partial charge is 0.317 e. The monoisotopic (exact) mass is 484 g/mol. The van der Waals surface area contributed by atoms with Crippen molar-refractivity contribution in [2.75, 3.05) is 0 Å². The van der Waals surface area contributed by atoms with E-state index in [1.807, 2.05) is 6.92 Å². The van der Waals surface area contributed by atoms with E-state index in [1.54, 1.807) is 0 Å². The Kier molecular flexibility index (Phi) is 4.58. The van der Waals surface area contributed by atoms with Crippen LogP contribution in [-0.4, -0.2) is 45.2 Å². The summed E-state index contributed by atoms with van der Waals surface area (Å²) >= 11 is 0. The van der Waals surface area contributed by atoms with Crippen molar-refractivity contribution in [1.29, 1.82) is 0 Å². The lowest BCUT2D eigenvalue weighted by atomic mass is 9.43. The van der Waals surface area contributed by atoms with Crippen molar-refractivity contribution in [2.24, 2.45) is 27.6 Å². The van der Waals surface area contributed by atoms with Crippen LogP contribution in [0.1, 0.15) is 99.8 Å². The number of aliphatic hydroxyl groups excluding tert-OH is 1. The lowest BCUT2D eigenvalue weighted by Gasteiger charge is -2.60. The Balaban J connectivity index is 1.46. The molecule has 5 nitrogen and oxygen atoms in total. The fraction of sp³-hybridized carbons (Fsp3) is 0.833. The molecule has 5 heteroatoms. The molecule has 4 fully saturated rings. The van der Waals surface area contributed by atoms with Gasteiger partial charge in [-0.15, -0.1) is 0 Å². The number of carbonyl (C=O) groups excluding carboxylic acids is 1. The summed E-state index contributed by atoms with van der Waals surface area (Å²) in [5, 5.41) is 23.4. The molecule has 0 radical (unpaired) electrons. The molecule has 0 bridgehead atoms. The Hall–Kier alpha value is -1.17. The predicted molar refractivity (Wildman–Crippen MR) is 133 cm³/mol. The molecule has 8 atom stereocenters. The van der Waals surface area contributed by atoms with Gasteiger partial charge in [0.25, 0.3) is 0 Å². The van der Waals surface area contributed by atoms with Crippen LogP contribution in [0.4, 0.5) is 0 Å². The highest BCUT2D eigenvalue weighted by Gasteiger charge is 2.84. The first-order valence-corrected chi connectivity index (χ1v) is 13.8. The summed E-state index contributed by atoms with van der Waals surface area (Å²) in [6, 6.07) is 0. The van der Waals surface area contributed by atoms with Crippen molar-refractivity contribution in [3.8, 4) is 0 Å². The largest absolute Gasteiger partial charge is 0.453 e. The number of aliphatic hydroxyl groups is 2. The number of esters is 1. The quantitative estimate of drug-likeness (QED) is 0.498. The van der Waals surface area contributed by atoms with Crippen LogP contribution in [0.2, 0.25) is 0 Å². The Morgan fingerprint density at radius 3 is 2.29 bits per heavy atom. The molecule has 0 aromatic carbocycles. The fourth-order valence-corrected chi connectivity index (χ4v) is 9.98. The van der Waals surface area contributed by atoms with Gasteiger partial charge in [-0.2, -0.15) is 0 Å². The van der Waals surface area contributed by atoms with E-state index in [1.165, 1.54) is 11.1 Å². The molecule has 194 valence electrons. The molecule has 2 saturated heterocycles. The summed E-state index contributed by atoms with van der Waals surface area (Å²) in [5.41, 5.74) is -1.69. The molecule has 1 spiro atoms. The maximum atomic E-state index is 14.0. The molecule has 2 aliphatic heterocycles. The van der Waals surface area contributed by atoms with Crippen molar-refractivity contribution in [3.05, 3.63) is 23.3 Å². The number of rotatable bonds is 1. The summed E-state index contributed by atoms with van der Waals surface area (Å²) in [6.45, 7) is 15.1. The van der Waals surface area contributed by atoms with Gasteiger partial charge in [0.05, 0.1) is 11.7 Å². The van der Waals surface area contributed by atoms with E-state index in [4.69, 9.17) is 9.47 Å². The van der Waals surface area contributed by atoms with Crippen molar-refractivity contribution in [3.63, 3.8) is 0 Å². The highest BCUT2D eigenvalue weighted by Crippen LogP contribution is 2.76. The first kappa shape index (κ1) is 24.2. The zero-order valence-electron chi connectivity index (χ0n) is 22.7. The van der Waals surface area contributed by atoms with Crippen LogP contribution in [0.5, 0.6) is 0 Å². The number of fused-ring (bicyclic) bond motifs is 4. The summed E-state index contributed by atoms with van der Waals surface area (Å²) in [4.78, 5) is 14.0. The van der Waals surface area contributed by atoms with Crippen molar-refractivity contribution >= 4 is 5.97 Å². The second-order valence-electron chi connectivity index (χ2n) is 14.5. The third kappa shape index (κ3) is 2.50. The molecule has 4 aliphatic carbocycles. The van der Waals surface area contributed by atoms with Crippen molar-refractivity contribution in [2.45, 2.75) is 129 Å². The molecule has 2 N–H and O–H groups in total. The molecule has 6 rings (SSSR count). The van der Waals surface area contributed by atoms with Crippen LogP contribution >= 0.6 is 0 Å². The van der Waals surface area contributed by atoms with E-state index in [2.05, 4.69) is 53.7 Å². The second kappa shape index (κ2) is 6.63. The van der Waals surface area contributed by atoms with E-state index in [0.717, 1.165) is 38.5 Å². The summed E-state index contributed by atoms with van der Waals surface area (Å²) in [7, 11) is 0. The summed E-state index contributed by atoms with van der Waals surface area (Å²) < 4.78 is 12.7. The van der Waals surface area contributed by atoms with Gasteiger partial charge < -0.3 is 19.7 Å². The molecule has 1 unspecified atom stereocenters. The minimum Gasteiger partial charge on any atom is -0.453 e. The van der Waals surface area contributed by atoms with Crippen LogP contribution in [-0.2, 0) is 14.3 Å². The molecule has 2 saturated carbocycles.